The molecule has 0 bridgehead atoms. The molecule has 0 saturated carbocycles. The highest BCUT2D eigenvalue weighted by molar-refractivity contribution is 7.12. The smallest absolute Gasteiger partial charge is 0.264 e. The number of hydrogen-bond donors (Lipinski definition) is 1. The number of fused-ring (bicyclic) bond motifs is 1. The summed E-state index contributed by atoms with van der Waals surface area (Å²) >= 11 is 1.52. The predicted octanol–water partition coefficient (Wildman–Crippen LogP) is 2.84. The molecule has 2 N–H and O–H groups in total. The molecule has 2 aromatic rings. The van der Waals surface area contributed by atoms with Crippen molar-refractivity contribution in [3.05, 3.63) is 51.2 Å². The highest BCUT2D eigenvalue weighted by atomic mass is 32.1. The average Bonchev–Trinajstić information content (AvgIpc) is 2.84. The van der Waals surface area contributed by atoms with Crippen LogP contribution in [0.5, 0.6) is 0 Å². The minimum atomic E-state index is 0.139. The standard InChI is InChI=1S/C15H16N2OS/c1-10-6-8-19-14(10)15(18)17-7-5-12-11(9-17)3-2-4-13(12)16/h2-4,6,8H,5,7,9,16H2,1H3. The Morgan fingerprint density at radius 2 is 2.21 bits per heavy atom. The van der Waals surface area contributed by atoms with Gasteiger partial charge < -0.3 is 10.6 Å². The van der Waals surface area contributed by atoms with Crippen LogP contribution in [0.25, 0.3) is 0 Å². The highest BCUT2D eigenvalue weighted by Gasteiger charge is 2.24. The summed E-state index contributed by atoms with van der Waals surface area (Å²) in [5.41, 5.74) is 10.3. The van der Waals surface area contributed by atoms with E-state index in [9.17, 15) is 4.79 Å². The first-order chi connectivity index (χ1) is 9.16. The highest BCUT2D eigenvalue weighted by Crippen LogP contribution is 2.26. The Morgan fingerprint density at radius 1 is 1.37 bits per heavy atom. The van der Waals surface area contributed by atoms with Crippen molar-refractivity contribution in [3.63, 3.8) is 0 Å². The van der Waals surface area contributed by atoms with Crippen LogP contribution in [-0.2, 0) is 13.0 Å². The Balaban J connectivity index is 1.87. The van der Waals surface area contributed by atoms with Gasteiger partial charge in [-0.3, -0.25) is 4.79 Å². The van der Waals surface area contributed by atoms with Gasteiger partial charge in [-0.15, -0.1) is 11.3 Å². The molecule has 2 heterocycles. The SMILES string of the molecule is Cc1ccsc1C(=O)N1CCc2c(N)cccc2C1. The number of carbonyl (C=O) groups is 1. The number of nitrogens with zero attached hydrogens (tertiary/aromatic N) is 1. The Hall–Kier alpha value is -1.81. The molecule has 0 fully saturated rings. The van der Waals surface area contributed by atoms with Gasteiger partial charge >= 0.3 is 0 Å². The Labute approximate surface area is 116 Å². The van der Waals surface area contributed by atoms with Gasteiger partial charge in [0, 0.05) is 18.8 Å². The minimum Gasteiger partial charge on any atom is -0.398 e. The van der Waals surface area contributed by atoms with E-state index in [1.807, 2.05) is 35.4 Å². The van der Waals surface area contributed by atoms with Crippen LogP contribution < -0.4 is 5.73 Å². The molecule has 19 heavy (non-hydrogen) atoms. The third kappa shape index (κ3) is 2.12. The summed E-state index contributed by atoms with van der Waals surface area (Å²) in [7, 11) is 0. The number of benzene rings is 1. The van der Waals surface area contributed by atoms with Crippen LogP contribution in [0.3, 0.4) is 0 Å². The molecule has 0 unspecified atom stereocenters. The number of nitrogen functional groups attached to an aromatic ring is 1. The third-order valence-corrected chi connectivity index (χ3v) is 4.65. The van der Waals surface area contributed by atoms with E-state index in [0.717, 1.165) is 29.1 Å². The lowest BCUT2D eigenvalue weighted by Gasteiger charge is -2.29. The number of thiophene rings is 1. The topological polar surface area (TPSA) is 46.3 Å². The molecule has 0 saturated heterocycles. The van der Waals surface area contributed by atoms with Gasteiger partial charge in [0.1, 0.15) is 0 Å². The molecule has 3 rings (SSSR count). The molecular weight excluding hydrogens is 256 g/mol. The molecule has 0 aliphatic carbocycles. The molecule has 0 spiro atoms. The lowest BCUT2D eigenvalue weighted by Crippen LogP contribution is -2.36. The normalized spacial score (nSPS) is 14.3. The summed E-state index contributed by atoms with van der Waals surface area (Å²) in [5.74, 6) is 0.139. The Morgan fingerprint density at radius 3 is 2.95 bits per heavy atom. The van der Waals surface area contributed by atoms with Crippen molar-refractivity contribution in [1.82, 2.24) is 4.90 Å². The van der Waals surface area contributed by atoms with E-state index in [1.165, 1.54) is 22.5 Å². The van der Waals surface area contributed by atoms with Gasteiger partial charge in [-0.1, -0.05) is 12.1 Å². The molecule has 1 aliphatic rings. The third-order valence-electron chi connectivity index (χ3n) is 3.65. The van der Waals surface area contributed by atoms with Crippen molar-refractivity contribution in [2.75, 3.05) is 12.3 Å². The molecule has 0 radical (unpaired) electrons. The van der Waals surface area contributed by atoms with E-state index in [1.54, 1.807) is 0 Å². The second-order valence-electron chi connectivity index (χ2n) is 4.89. The van der Waals surface area contributed by atoms with Crippen molar-refractivity contribution < 1.29 is 4.79 Å². The molecule has 1 amide bonds. The molecule has 4 heteroatoms. The summed E-state index contributed by atoms with van der Waals surface area (Å²) in [6, 6.07) is 7.94. The van der Waals surface area contributed by atoms with Gasteiger partial charge in [-0.2, -0.15) is 0 Å². The maximum atomic E-state index is 12.5. The summed E-state index contributed by atoms with van der Waals surface area (Å²) in [6.45, 7) is 3.40. The van der Waals surface area contributed by atoms with Crippen LogP contribution in [0.1, 0.15) is 26.4 Å². The van der Waals surface area contributed by atoms with Gasteiger partial charge in [-0.25, -0.2) is 0 Å². The Kier molecular flexibility index (Phi) is 3.03. The quantitative estimate of drug-likeness (QED) is 0.811. The lowest BCUT2D eigenvalue weighted by atomic mass is 9.98. The van der Waals surface area contributed by atoms with Gasteiger partial charge in [0.25, 0.3) is 5.91 Å². The van der Waals surface area contributed by atoms with Crippen LogP contribution in [0.15, 0.2) is 29.6 Å². The fourth-order valence-corrected chi connectivity index (χ4v) is 3.44. The van der Waals surface area contributed by atoms with E-state index in [-0.39, 0.29) is 5.91 Å². The zero-order chi connectivity index (χ0) is 13.4. The maximum absolute atomic E-state index is 12.5. The van der Waals surface area contributed by atoms with Crippen molar-refractivity contribution in [2.45, 2.75) is 19.9 Å². The van der Waals surface area contributed by atoms with E-state index in [4.69, 9.17) is 5.73 Å². The maximum Gasteiger partial charge on any atom is 0.264 e. The summed E-state index contributed by atoms with van der Waals surface area (Å²) in [5, 5.41) is 1.97. The molecule has 1 aliphatic heterocycles. The van der Waals surface area contributed by atoms with Gasteiger partial charge in [0.05, 0.1) is 4.88 Å². The Bertz CT molecular complexity index is 633. The first kappa shape index (κ1) is 12.2. The van der Waals surface area contributed by atoms with Crippen LogP contribution in [0.2, 0.25) is 0 Å². The van der Waals surface area contributed by atoms with Crippen LogP contribution in [0.4, 0.5) is 5.69 Å². The molecule has 0 atom stereocenters. The van der Waals surface area contributed by atoms with Gasteiger partial charge in [-0.05, 0) is 47.5 Å². The van der Waals surface area contributed by atoms with Crippen LogP contribution >= 0.6 is 11.3 Å². The fourth-order valence-electron chi connectivity index (χ4n) is 2.55. The second-order valence-corrected chi connectivity index (χ2v) is 5.81. The largest absolute Gasteiger partial charge is 0.398 e. The summed E-state index contributed by atoms with van der Waals surface area (Å²) in [6.07, 6.45) is 0.845. The van der Waals surface area contributed by atoms with Crippen molar-refractivity contribution in [2.24, 2.45) is 0 Å². The van der Waals surface area contributed by atoms with Crippen LogP contribution in [0, 0.1) is 6.92 Å². The lowest BCUT2D eigenvalue weighted by molar-refractivity contribution is 0.0739. The number of anilines is 1. The van der Waals surface area contributed by atoms with Crippen molar-refractivity contribution in [3.8, 4) is 0 Å². The molecule has 3 nitrogen and oxygen atoms in total. The number of amides is 1. The molecule has 1 aromatic carbocycles. The van der Waals surface area contributed by atoms with Gasteiger partial charge in [0.2, 0.25) is 0 Å². The first-order valence-corrected chi connectivity index (χ1v) is 7.24. The second kappa shape index (κ2) is 4.70. The van der Waals surface area contributed by atoms with E-state index < -0.39 is 0 Å². The number of hydrogen-bond acceptors (Lipinski definition) is 3. The number of nitrogens with two attached hydrogens (primary N) is 1. The van der Waals surface area contributed by atoms with Crippen molar-refractivity contribution >= 4 is 22.9 Å². The predicted molar refractivity (Wildman–Crippen MR) is 78.4 cm³/mol. The molecule has 98 valence electrons. The number of rotatable bonds is 1. The van der Waals surface area contributed by atoms with E-state index in [0.29, 0.717) is 6.54 Å². The first-order valence-electron chi connectivity index (χ1n) is 6.36. The van der Waals surface area contributed by atoms with Crippen LogP contribution in [-0.4, -0.2) is 17.4 Å². The van der Waals surface area contributed by atoms with E-state index >= 15 is 0 Å². The van der Waals surface area contributed by atoms with Crippen molar-refractivity contribution in [1.29, 1.82) is 0 Å². The monoisotopic (exact) mass is 272 g/mol. The minimum absolute atomic E-state index is 0.139. The summed E-state index contributed by atoms with van der Waals surface area (Å²) < 4.78 is 0. The average molecular weight is 272 g/mol. The van der Waals surface area contributed by atoms with Gasteiger partial charge in [0.15, 0.2) is 0 Å². The number of carbonyl (C=O) groups excluding carboxylic acids is 1. The summed E-state index contributed by atoms with van der Waals surface area (Å²) in [4.78, 5) is 15.3. The fraction of sp³-hybridized carbons (Fsp3) is 0.267. The molecule has 1 aromatic heterocycles. The number of aryl methyl sites for hydroxylation is 1. The van der Waals surface area contributed by atoms with E-state index in [2.05, 4.69) is 6.07 Å². The molecular formula is C15H16N2OS. The zero-order valence-electron chi connectivity index (χ0n) is 10.8. The zero-order valence-corrected chi connectivity index (χ0v) is 11.7.